The van der Waals surface area contributed by atoms with Crippen molar-refractivity contribution < 1.29 is 19.1 Å². The molecule has 5 heteroatoms. The van der Waals surface area contributed by atoms with Gasteiger partial charge in [0.15, 0.2) is 0 Å². The molecule has 4 nitrogen and oxygen atoms in total. The van der Waals surface area contributed by atoms with E-state index in [1.807, 2.05) is 6.92 Å². The van der Waals surface area contributed by atoms with Gasteiger partial charge in [0.1, 0.15) is 6.10 Å². The summed E-state index contributed by atoms with van der Waals surface area (Å²) < 4.78 is 10.9. The predicted molar refractivity (Wildman–Crippen MR) is 63.4 cm³/mol. The molecule has 0 aliphatic carbocycles. The standard InChI is InChI=1S/C11H20O4Si/c1-8(2)16(3,4)15-9-5-10(7-12)14-11(13)6-9/h9-10,12H,1,5-7H2,2-4H3/t9-,10?/m1/s1. The van der Waals surface area contributed by atoms with E-state index in [0.717, 1.165) is 5.20 Å². The first kappa shape index (κ1) is 13.4. The minimum atomic E-state index is -1.92. The van der Waals surface area contributed by atoms with Crippen molar-refractivity contribution in [2.75, 3.05) is 6.61 Å². The first-order valence-electron chi connectivity index (χ1n) is 5.49. The number of aliphatic hydroxyl groups is 1. The highest BCUT2D eigenvalue weighted by molar-refractivity contribution is 6.78. The minimum Gasteiger partial charge on any atom is -0.460 e. The van der Waals surface area contributed by atoms with Crippen LogP contribution < -0.4 is 0 Å². The fraction of sp³-hybridized carbons (Fsp3) is 0.727. The van der Waals surface area contributed by atoms with E-state index in [0.29, 0.717) is 6.42 Å². The van der Waals surface area contributed by atoms with Gasteiger partial charge in [0.25, 0.3) is 0 Å². The van der Waals surface area contributed by atoms with Crippen LogP contribution in [0.4, 0.5) is 0 Å². The van der Waals surface area contributed by atoms with Crippen LogP contribution in [0.25, 0.3) is 0 Å². The van der Waals surface area contributed by atoms with Crippen molar-refractivity contribution in [3.05, 3.63) is 11.8 Å². The summed E-state index contributed by atoms with van der Waals surface area (Å²) in [6.07, 6.45) is 0.296. The molecule has 1 N–H and O–H groups in total. The molecular weight excluding hydrogens is 224 g/mol. The summed E-state index contributed by atoms with van der Waals surface area (Å²) in [5.41, 5.74) is 0. The number of hydrogen-bond donors (Lipinski definition) is 1. The molecule has 1 unspecified atom stereocenters. The van der Waals surface area contributed by atoms with E-state index in [1.54, 1.807) is 0 Å². The van der Waals surface area contributed by atoms with E-state index in [4.69, 9.17) is 14.3 Å². The molecule has 0 radical (unpaired) electrons. The Morgan fingerprint density at radius 1 is 1.69 bits per heavy atom. The predicted octanol–water partition coefficient (Wildman–Crippen LogP) is 1.39. The smallest absolute Gasteiger partial charge is 0.308 e. The summed E-state index contributed by atoms with van der Waals surface area (Å²) >= 11 is 0. The van der Waals surface area contributed by atoms with Crippen molar-refractivity contribution in [3.8, 4) is 0 Å². The molecule has 0 saturated carbocycles. The number of ether oxygens (including phenoxy) is 1. The second-order valence-corrected chi connectivity index (χ2v) is 8.87. The summed E-state index contributed by atoms with van der Waals surface area (Å²) in [7, 11) is -1.92. The number of cyclic esters (lactones) is 1. The molecular formula is C11H20O4Si. The van der Waals surface area contributed by atoms with E-state index in [1.165, 1.54) is 0 Å². The van der Waals surface area contributed by atoms with Gasteiger partial charge in [-0.3, -0.25) is 4.79 Å². The Kier molecular flexibility index (Phi) is 4.29. The zero-order valence-electron chi connectivity index (χ0n) is 10.2. The van der Waals surface area contributed by atoms with Crippen molar-refractivity contribution in [3.63, 3.8) is 0 Å². The summed E-state index contributed by atoms with van der Waals surface area (Å²) in [6.45, 7) is 9.86. The maximum absolute atomic E-state index is 11.3. The number of carbonyl (C=O) groups is 1. The third-order valence-corrected chi connectivity index (χ3v) is 5.89. The molecule has 0 aromatic carbocycles. The van der Waals surface area contributed by atoms with Crippen LogP contribution in [-0.4, -0.2) is 38.2 Å². The first-order valence-corrected chi connectivity index (χ1v) is 8.40. The molecule has 0 spiro atoms. The molecule has 1 saturated heterocycles. The molecule has 0 bridgehead atoms. The normalized spacial score (nSPS) is 26.4. The van der Waals surface area contributed by atoms with Gasteiger partial charge >= 0.3 is 5.97 Å². The van der Waals surface area contributed by atoms with Gasteiger partial charge in [-0.1, -0.05) is 5.20 Å². The van der Waals surface area contributed by atoms with Crippen LogP contribution in [0.2, 0.25) is 13.1 Å². The zero-order valence-corrected chi connectivity index (χ0v) is 11.2. The van der Waals surface area contributed by atoms with E-state index in [-0.39, 0.29) is 25.1 Å². The fourth-order valence-corrected chi connectivity index (χ4v) is 2.78. The second kappa shape index (κ2) is 5.12. The van der Waals surface area contributed by atoms with Crippen LogP contribution in [0.3, 0.4) is 0 Å². The maximum atomic E-state index is 11.3. The lowest BCUT2D eigenvalue weighted by atomic mass is 10.1. The summed E-state index contributed by atoms with van der Waals surface area (Å²) in [4.78, 5) is 11.3. The number of carbonyl (C=O) groups excluding carboxylic acids is 1. The topological polar surface area (TPSA) is 55.8 Å². The van der Waals surface area contributed by atoms with Crippen molar-refractivity contribution in [2.24, 2.45) is 0 Å². The molecule has 16 heavy (non-hydrogen) atoms. The quantitative estimate of drug-likeness (QED) is 0.600. The molecule has 0 amide bonds. The molecule has 92 valence electrons. The molecule has 1 fully saturated rings. The van der Waals surface area contributed by atoms with Crippen molar-refractivity contribution in [1.29, 1.82) is 0 Å². The highest BCUT2D eigenvalue weighted by Crippen LogP contribution is 2.24. The minimum absolute atomic E-state index is 0.138. The molecule has 1 aliphatic heterocycles. The average Bonchev–Trinajstić information content (AvgIpc) is 2.15. The van der Waals surface area contributed by atoms with Gasteiger partial charge in [-0.15, -0.1) is 6.58 Å². The van der Waals surface area contributed by atoms with Gasteiger partial charge in [0.2, 0.25) is 8.32 Å². The molecule has 1 rings (SSSR count). The number of hydrogen-bond acceptors (Lipinski definition) is 4. The molecule has 0 aromatic rings. The third kappa shape index (κ3) is 3.43. The number of allylic oxidation sites excluding steroid dienone is 1. The maximum Gasteiger partial charge on any atom is 0.308 e. The Morgan fingerprint density at radius 2 is 2.31 bits per heavy atom. The Bertz CT molecular complexity index is 288. The number of aliphatic hydroxyl groups excluding tert-OH is 1. The van der Waals surface area contributed by atoms with Crippen molar-refractivity contribution in [1.82, 2.24) is 0 Å². The lowest BCUT2D eigenvalue weighted by molar-refractivity contribution is -0.161. The van der Waals surface area contributed by atoms with E-state index >= 15 is 0 Å². The Morgan fingerprint density at radius 3 is 2.81 bits per heavy atom. The van der Waals surface area contributed by atoms with Crippen molar-refractivity contribution >= 4 is 14.3 Å². The van der Waals surface area contributed by atoms with Crippen LogP contribution in [0.5, 0.6) is 0 Å². The molecule has 0 aromatic heterocycles. The Hall–Kier alpha value is -0.653. The van der Waals surface area contributed by atoms with Gasteiger partial charge in [0.05, 0.1) is 19.1 Å². The van der Waals surface area contributed by atoms with Crippen LogP contribution >= 0.6 is 0 Å². The second-order valence-electron chi connectivity index (χ2n) is 4.76. The van der Waals surface area contributed by atoms with Crippen LogP contribution in [0.15, 0.2) is 11.8 Å². The lowest BCUT2D eigenvalue weighted by Gasteiger charge is -2.34. The number of rotatable bonds is 4. The molecule has 1 aliphatic rings. The van der Waals surface area contributed by atoms with Crippen LogP contribution in [-0.2, 0) is 14.0 Å². The first-order chi connectivity index (χ1) is 7.35. The highest BCUT2D eigenvalue weighted by Gasteiger charge is 2.34. The van der Waals surface area contributed by atoms with Gasteiger partial charge in [-0.2, -0.15) is 0 Å². The highest BCUT2D eigenvalue weighted by atomic mass is 28.4. The monoisotopic (exact) mass is 244 g/mol. The van der Waals surface area contributed by atoms with E-state index < -0.39 is 14.4 Å². The average molecular weight is 244 g/mol. The summed E-state index contributed by atoms with van der Waals surface area (Å²) in [5.74, 6) is -0.290. The van der Waals surface area contributed by atoms with Gasteiger partial charge in [-0.25, -0.2) is 0 Å². The lowest BCUT2D eigenvalue weighted by Crippen LogP contribution is -2.43. The Labute approximate surface area is 97.4 Å². The van der Waals surface area contributed by atoms with Crippen molar-refractivity contribution in [2.45, 2.75) is 45.1 Å². The van der Waals surface area contributed by atoms with Gasteiger partial charge in [0, 0.05) is 6.42 Å². The number of esters is 1. The summed E-state index contributed by atoms with van der Waals surface area (Å²) in [5, 5.41) is 10.0. The largest absolute Gasteiger partial charge is 0.460 e. The molecule has 1 heterocycles. The van der Waals surface area contributed by atoms with Crippen LogP contribution in [0, 0.1) is 0 Å². The molecule has 2 atom stereocenters. The third-order valence-electron chi connectivity index (χ3n) is 2.91. The van der Waals surface area contributed by atoms with E-state index in [2.05, 4.69) is 19.7 Å². The SMILES string of the molecule is C=C(C)[Si](C)(C)O[C@H]1CC(=O)OC(CO)C1. The Balaban J connectivity index is 2.60. The van der Waals surface area contributed by atoms with E-state index in [9.17, 15) is 4.79 Å². The fourth-order valence-electron chi connectivity index (χ4n) is 1.56. The van der Waals surface area contributed by atoms with Crippen LogP contribution in [0.1, 0.15) is 19.8 Å². The summed E-state index contributed by atoms with van der Waals surface area (Å²) in [6, 6.07) is 0. The van der Waals surface area contributed by atoms with Gasteiger partial charge < -0.3 is 14.3 Å². The zero-order chi connectivity index (χ0) is 12.3. The van der Waals surface area contributed by atoms with Gasteiger partial charge in [-0.05, 0) is 20.0 Å².